The number of phenols is 1. The Kier molecular flexibility index (Phi) is 7.83. The topological polar surface area (TPSA) is 75.1 Å². The van der Waals surface area contributed by atoms with Crippen LogP contribution in [0.3, 0.4) is 0 Å². The second kappa shape index (κ2) is 10.1. The minimum Gasteiger partial charge on any atom is -0.508 e. The van der Waals surface area contributed by atoms with Gasteiger partial charge in [-0.25, -0.2) is 4.99 Å². The predicted molar refractivity (Wildman–Crippen MR) is 113 cm³/mol. The first-order chi connectivity index (χ1) is 12.2. The first-order valence-corrected chi connectivity index (χ1v) is 8.43. The number of fused-ring (bicyclic) bond motifs is 1. The van der Waals surface area contributed by atoms with Crippen LogP contribution in [-0.4, -0.2) is 36.9 Å². The average molecular weight is 469 g/mol. The summed E-state index contributed by atoms with van der Waals surface area (Å²) in [5, 5.41) is 15.8. The summed E-state index contributed by atoms with van der Waals surface area (Å²) in [6.45, 7) is 4.41. The van der Waals surface area contributed by atoms with Gasteiger partial charge in [-0.2, -0.15) is 0 Å². The molecule has 0 amide bonds. The van der Waals surface area contributed by atoms with E-state index in [1.54, 1.807) is 12.1 Å². The van der Waals surface area contributed by atoms with Crippen LogP contribution in [0.15, 0.2) is 53.5 Å². The Morgan fingerprint density at radius 1 is 1.12 bits per heavy atom. The Labute approximate surface area is 170 Å². The van der Waals surface area contributed by atoms with Crippen molar-refractivity contribution in [2.75, 3.05) is 19.7 Å². The van der Waals surface area contributed by atoms with Gasteiger partial charge >= 0.3 is 0 Å². The van der Waals surface area contributed by atoms with Crippen molar-refractivity contribution in [2.45, 2.75) is 19.6 Å². The van der Waals surface area contributed by atoms with E-state index in [2.05, 4.69) is 15.6 Å². The van der Waals surface area contributed by atoms with Gasteiger partial charge in [-0.05, 0) is 36.8 Å². The fourth-order valence-corrected chi connectivity index (χ4v) is 2.49. The molecule has 0 fully saturated rings. The van der Waals surface area contributed by atoms with E-state index in [1.807, 2.05) is 43.3 Å². The highest BCUT2D eigenvalue weighted by atomic mass is 127. The molecule has 0 bridgehead atoms. The van der Waals surface area contributed by atoms with Crippen molar-refractivity contribution in [3.63, 3.8) is 0 Å². The van der Waals surface area contributed by atoms with Crippen molar-refractivity contribution in [1.82, 2.24) is 10.6 Å². The average Bonchev–Trinajstić information content (AvgIpc) is 2.65. The van der Waals surface area contributed by atoms with Crippen LogP contribution in [0.2, 0.25) is 0 Å². The van der Waals surface area contributed by atoms with Gasteiger partial charge in [-0.15, -0.1) is 24.0 Å². The lowest BCUT2D eigenvalue weighted by Gasteiger charge is -2.27. The van der Waals surface area contributed by atoms with Crippen LogP contribution < -0.4 is 20.1 Å². The molecule has 2 aromatic rings. The van der Waals surface area contributed by atoms with E-state index in [0.717, 1.165) is 29.6 Å². The van der Waals surface area contributed by atoms with Gasteiger partial charge < -0.3 is 25.2 Å². The standard InChI is InChI=1S/C19H23N3O3.HI/c1-2-20-19(21-11-14-7-9-15(23)10-8-14)22-12-16-13-24-17-5-3-4-6-18(17)25-16;/h3-10,16,23H,2,11-13H2,1H3,(H2,20,21,22);1H. The molecule has 0 aliphatic carbocycles. The molecule has 0 spiro atoms. The summed E-state index contributed by atoms with van der Waals surface area (Å²) in [6.07, 6.45) is -0.0765. The first-order valence-electron chi connectivity index (χ1n) is 8.43. The van der Waals surface area contributed by atoms with Crippen LogP contribution in [0.25, 0.3) is 0 Å². The Balaban J connectivity index is 0.00000243. The molecule has 26 heavy (non-hydrogen) atoms. The third-order valence-corrected chi connectivity index (χ3v) is 3.77. The molecule has 3 rings (SSSR count). The van der Waals surface area contributed by atoms with Crippen LogP contribution in [0.5, 0.6) is 17.2 Å². The van der Waals surface area contributed by atoms with Crippen molar-refractivity contribution in [3.8, 4) is 17.2 Å². The Hall–Kier alpha value is -2.16. The van der Waals surface area contributed by atoms with E-state index >= 15 is 0 Å². The van der Waals surface area contributed by atoms with E-state index in [9.17, 15) is 5.11 Å². The third-order valence-electron chi connectivity index (χ3n) is 3.77. The molecule has 0 aromatic heterocycles. The summed E-state index contributed by atoms with van der Waals surface area (Å²) in [5.74, 6) is 2.53. The van der Waals surface area contributed by atoms with Gasteiger partial charge in [0.15, 0.2) is 17.5 Å². The Morgan fingerprint density at radius 3 is 2.58 bits per heavy atom. The molecule has 140 valence electrons. The molecule has 6 nitrogen and oxygen atoms in total. The molecule has 0 radical (unpaired) electrons. The van der Waals surface area contributed by atoms with E-state index < -0.39 is 0 Å². The van der Waals surface area contributed by atoms with Crippen molar-refractivity contribution in [2.24, 2.45) is 4.99 Å². The number of phenolic OH excluding ortho intramolecular Hbond substituents is 1. The lowest BCUT2D eigenvalue weighted by atomic mass is 10.2. The van der Waals surface area contributed by atoms with Crippen LogP contribution in [0.1, 0.15) is 12.5 Å². The lowest BCUT2D eigenvalue weighted by Crippen LogP contribution is -2.45. The number of aromatic hydroxyl groups is 1. The fraction of sp³-hybridized carbons (Fsp3) is 0.316. The number of halogens is 1. The Bertz CT molecular complexity index is 722. The number of benzene rings is 2. The number of rotatable bonds is 5. The summed E-state index contributed by atoms with van der Waals surface area (Å²) in [5.41, 5.74) is 1.03. The smallest absolute Gasteiger partial charge is 0.191 e. The zero-order valence-electron chi connectivity index (χ0n) is 14.6. The maximum Gasteiger partial charge on any atom is 0.191 e. The SMILES string of the molecule is CCNC(=NCc1ccc(O)cc1)NCC1COc2ccccc2O1.I. The number of nitrogens with zero attached hydrogens (tertiary/aromatic N) is 1. The number of aliphatic imine (C=N–C) groups is 1. The molecule has 1 heterocycles. The zero-order chi connectivity index (χ0) is 17.5. The molecule has 1 aliphatic rings. The van der Waals surface area contributed by atoms with E-state index in [1.165, 1.54) is 0 Å². The van der Waals surface area contributed by atoms with Gasteiger partial charge in [-0.3, -0.25) is 0 Å². The van der Waals surface area contributed by atoms with Gasteiger partial charge in [0.05, 0.1) is 13.1 Å². The van der Waals surface area contributed by atoms with Crippen molar-refractivity contribution in [1.29, 1.82) is 0 Å². The van der Waals surface area contributed by atoms with Gasteiger partial charge in [0.1, 0.15) is 18.5 Å². The van der Waals surface area contributed by atoms with Gasteiger partial charge in [0.25, 0.3) is 0 Å². The highest BCUT2D eigenvalue weighted by Crippen LogP contribution is 2.30. The van der Waals surface area contributed by atoms with Crippen LogP contribution in [-0.2, 0) is 6.54 Å². The van der Waals surface area contributed by atoms with Crippen molar-refractivity contribution >= 4 is 29.9 Å². The summed E-state index contributed by atoms with van der Waals surface area (Å²) in [6, 6.07) is 14.7. The Morgan fingerprint density at radius 2 is 1.85 bits per heavy atom. The molecular weight excluding hydrogens is 445 g/mol. The second-order valence-corrected chi connectivity index (χ2v) is 5.74. The second-order valence-electron chi connectivity index (χ2n) is 5.74. The van der Waals surface area contributed by atoms with Crippen molar-refractivity contribution in [3.05, 3.63) is 54.1 Å². The summed E-state index contributed by atoms with van der Waals surface area (Å²) < 4.78 is 11.7. The van der Waals surface area contributed by atoms with E-state index in [0.29, 0.717) is 19.7 Å². The third kappa shape index (κ3) is 5.69. The quantitative estimate of drug-likeness (QED) is 0.357. The number of guanidine groups is 1. The molecule has 1 atom stereocenters. The van der Waals surface area contributed by atoms with Crippen LogP contribution >= 0.6 is 24.0 Å². The van der Waals surface area contributed by atoms with E-state index in [-0.39, 0.29) is 35.8 Å². The highest BCUT2D eigenvalue weighted by molar-refractivity contribution is 14.0. The molecule has 0 saturated heterocycles. The number of ether oxygens (including phenoxy) is 2. The minimum atomic E-state index is -0.0765. The molecule has 0 saturated carbocycles. The number of hydrogen-bond acceptors (Lipinski definition) is 4. The molecule has 1 aliphatic heterocycles. The molecule has 1 unspecified atom stereocenters. The number of para-hydroxylation sites is 2. The van der Waals surface area contributed by atoms with Crippen molar-refractivity contribution < 1.29 is 14.6 Å². The minimum absolute atomic E-state index is 0. The maximum atomic E-state index is 9.33. The first kappa shape index (κ1) is 20.2. The monoisotopic (exact) mass is 469 g/mol. The molecule has 2 aromatic carbocycles. The van der Waals surface area contributed by atoms with Gasteiger partial charge in [-0.1, -0.05) is 24.3 Å². The molecular formula is C19H24IN3O3. The maximum absolute atomic E-state index is 9.33. The van der Waals surface area contributed by atoms with E-state index in [4.69, 9.17) is 9.47 Å². The highest BCUT2D eigenvalue weighted by Gasteiger charge is 2.20. The largest absolute Gasteiger partial charge is 0.508 e. The fourth-order valence-electron chi connectivity index (χ4n) is 2.49. The summed E-state index contributed by atoms with van der Waals surface area (Å²) in [4.78, 5) is 4.56. The van der Waals surface area contributed by atoms with Gasteiger partial charge in [0.2, 0.25) is 0 Å². The van der Waals surface area contributed by atoms with Crippen LogP contribution in [0, 0.1) is 0 Å². The van der Waals surface area contributed by atoms with Gasteiger partial charge in [0, 0.05) is 6.54 Å². The normalized spacial score (nSPS) is 15.7. The zero-order valence-corrected chi connectivity index (χ0v) is 17.0. The number of nitrogens with one attached hydrogen (secondary N) is 2. The summed E-state index contributed by atoms with van der Waals surface area (Å²) >= 11 is 0. The molecule has 3 N–H and O–H groups in total. The lowest BCUT2D eigenvalue weighted by molar-refractivity contribution is 0.0936. The predicted octanol–water partition coefficient (Wildman–Crippen LogP) is 2.91. The van der Waals surface area contributed by atoms with Crippen LogP contribution in [0.4, 0.5) is 0 Å². The summed E-state index contributed by atoms with van der Waals surface area (Å²) in [7, 11) is 0. The number of hydrogen-bond donors (Lipinski definition) is 3. The molecule has 7 heteroatoms.